The van der Waals surface area contributed by atoms with E-state index < -0.39 is 0 Å². The molecule has 0 saturated carbocycles. The van der Waals surface area contributed by atoms with Crippen molar-refractivity contribution in [1.29, 1.82) is 0 Å². The molecule has 0 bridgehead atoms. The van der Waals surface area contributed by atoms with Gasteiger partial charge in [0.15, 0.2) is 0 Å². The Morgan fingerprint density at radius 3 is 2.75 bits per heavy atom. The number of rotatable bonds is 4. The maximum Gasteiger partial charge on any atom is 0.0555 e. The number of nitrogens with one attached hydrogen (secondary N) is 1. The molecule has 0 aliphatic rings. The molecule has 1 aromatic heterocycles. The molecule has 12 heavy (non-hydrogen) atoms. The van der Waals surface area contributed by atoms with Crippen molar-refractivity contribution in [2.75, 3.05) is 14.1 Å². The maximum absolute atomic E-state index is 3.38. The summed E-state index contributed by atoms with van der Waals surface area (Å²) in [5.74, 6) is 0. The molecule has 1 atom stereocenters. The molecule has 0 fully saturated rings. The summed E-state index contributed by atoms with van der Waals surface area (Å²) in [6.07, 6.45) is 1.12. The van der Waals surface area contributed by atoms with Crippen LogP contribution in [0.5, 0.6) is 0 Å². The zero-order chi connectivity index (χ0) is 8.97. The molecule has 0 spiro atoms. The first-order chi connectivity index (χ1) is 5.74. The molecule has 1 heterocycles. The van der Waals surface area contributed by atoms with Crippen molar-refractivity contribution >= 4 is 11.3 Å². The quantitative estimate of drug-likeness (QED) is 0.722. The van der Waals surface area contributed by atoms with Crippen LogP contribution in [0.15, 0.2) is 17.5 Å². The molecule has 0 radical (unpaired) electrons. The van der Waals surface area contributed by atoms with Gasteiger partial charge in [-0.2, -0.15) is 0 Å². The molecule has 0 aliphatic heterocycles. The van der Waals surface area contributed by atoms with E-state index in [0.29, 0.717) is 6.04 Å². The van der Waals surface area contributed by atoms with E-state index in [1.165, 1.54) is 4.88 Å². The Hall–Kier alpha value is -0.380. The second-order valence-electron chi connectivity index (χ2n) is 3.00. The largest absolute Gasteiger partial charge is 0.250 e. The summed E-state index contributed by atoms with van der Waals surface area (Å²) in [7, 11) is 4.05. The summed E-state index contributed by atoms with van der Waals surface area (Å²) in [5.41, 5.74) is 3.38. The number of hydrogen-bond acceptors (Lipinski definition) is 3. The van der Waals surface area contributed by atoms with Gasteiger partial charge in [-0.1, -0.05) is 13.0 Å². The first kappa shape index (κ1) is 9.71. The molecular weight excluding hydrogens is 168 g/mol. The molecule has 1 rings (SSSR count). The number of nitrogens with zero attached hydrogens (tertiary/aromatic N) is 1. The number of hydrazine groups is 1. The van der Waals surface area contributed by atoms with Gasteiger partial charge in [0.25, 0.3) is 0 Å². The molecule has 0 saturated heterocycles. The van der Waals surface area contributed by atoms with Crippen molar-refractivity contribution in [2.24, 2.45) is 0 Å². The van der Waals surface area contributed by atoms with Crippen LogP contribution in [0.25, 0.3) is 0 Å². The smallest absolute Gasteiger partial charge is 0.0555 e. The van der Waals surface area contributed by atoms with Crippen molar-refractivity contribution in [3.8, 4) is 0 Å². The van der Waals surface area contributed by atoms with Crippen molar-refractivity contribution in [1.82, 2.24) is 10.4 Å². The minimum atomic E-state index is 0.472. The van der Waals surface area contributed by atoms with E-state index in [0.717, 1.165) is 6.42 Å². The molecule has 0 aliphatic carbocycles. The fourth-order valence-electron chi connectivity index (χ4n) is 1.16. The molecule has 1 unspecified atom stereocenters. The van der Waals surface area contributed by atoms with Gasteiger partial charge >= 0.3 is 0 Å². The topological polar surface area (TPSA) is 15.3 Å². The van der Waals surface area contributed by atoms with E-state index in [1.807, 2.05) is 30.4 Å². The second-order valence-corrected chi connectivity index (χ2v) is 3.98. The minimum Gasteiger partial charge on any atom is -0.250 e. The first-order valence-corrected chi connectivity index (χ1v) is 5.09. The Morgan fingerprint density at radius 2 is 2.33 bits per heavy atom. The average Bonchev–Trinajstić information content (AvgIpc) is 2.51. The molecule has 0 amide bonds. The molecule has 1 aromatic rings. The Kier molecular flexibility index (Phi) is 3.72. The highest BCUT2D eigenvalue weighted by Gasteiger charge is 2.09. The molecule has 3 heteroatoms. The van der Waals surface area contributed by atoms with Gasteiger partial charge in [0.1, 0.15) is 0 Å². The first-order valence-electron chi connectivity index (χ1n) is 4.21. The summed E-state index contributed by atoms with van der Waals surface area (Å²) in [5, 5.41) is 4.13. The van der Waals surface area contributed by atoms with Gasteiger partial charge < -0.3 is 0 Å². The predicted octanol–water partition coefficient (Wildman–Crippen LogP) is 2.27. The van der Waals surface area contributed by atoms with Crippen molar-refractivity contribution < 1.29 is 0 Å². The summed E-state index contributed by atoms with van der Waals surface area (Å²) in [6.45, 7) is 2.20. The van der Waals surface area contributed by atoms with Crippen LogP contribution in [-0.4, -0.2) is 19.1 Å². The van der Waals surface area contributed by atoms with E-state index in [2.05, 4.69) is 29.9 Å². The summed E-state index contributed by atoms with van der Waals surface area (Å²) in [6, 6.07) is 4.75. The highest BCUT2D eigenvalue weighted by molar-refractivity contribution is 7.10. The summed E-state index contributed by atoms with van der Waals surface area (Å²) >= 11 is 1.81. The normalized spacial score (nSPS) is 13.7. The van der Waals surface area contributed by atoms with Crippen molar-refractivity contribution in [3.63, 3.8) is 0 Å². The lowest BCUT2D eigenvalue weighted by Crippen LogP contribution is -2.33. The van der Waals surface area contributed by atoms with Crippen molar-refractivity contribution in [2.45, 2.75) is 19.4 Å². The SMILES string of the molecule is CCC(NN(C)C)c1cccs1. The van der Waals surface area contributed by atoms with Gasteiger partial charge in [-0.05, 0) is 17.9 Å². The predicted molar refractivity (Wildman–Crippen MR) is 54.2 cm³/mol. The Morgan fingerprint density at radius 1 is 1.58 bits per heavy atom. The van der Waals surface area contributed by atoms with Gasteiger partial charge in [0.2, 0.25) is 0 Å². The number of thiophene rings is 1. The monoisotopic (exact) mass is 184 g/mol. The Labute approximate surface area is 78.2 Å². The fraction of sp³-hybridized carbons (Fsp3) is 0.556. The molecule has 2 nitrogen and oxygen atoms in total. The molecular formula is C9H16N2S. The molecule has 1 N–H and O–H groups in total. The third kappa shape index (κ3) is 2.59. The lowest BCUT2D eigenvalue weighted by molar-refractivity contribution is 0.241. The summed E-state index contributed by atoms with van der Waals surface area (Å²) in [4.78, 5) is 1.41. The van der Waals surface area contributed by atoms with Gasteiger partial charge in [-0.15, -0.1) is 11.3 Å². The van der Waals surface area contributed by atoms with Gasteiger partial charge in [-0.3, -0.25) is 0 Å². The van der Waals surface area contributed by atoms with Crippen LogP contribution in [0.3, 0.4) is 0 Å². The lowest BCUT2D eigenvalue weighted by atomic mass is 10.2. The van der Waals surface area contributed by atoms with Crippen LogP contribution in [0.4, 0.5) is 0 Å². The van der Waals surface area contributed by atoms with Crippen LogP contribution >= 0.6 is 11.3 Å². The molecule has 68 valence electrons. The van der Waals surface area contributed by atoms with E-state index in [4.69, 9.17) is 0 Å². The standard InChI is InChI=1S/C9H16N2S/c1-4-8(10-11(2)3)9-6-5-7-12-9/h5-8,10H,4H2,1-3H3. The maximum atomic E-state index is 3.38. The zero-order valence-electron chi connectivity index (χ0n) is 7.87. The fourth-order valence-corrected chi connectivity index (χ4v) is 2.01. The van der Waals surface area contributed by atoms with E-state index in [1.54, 1.807) is 0 Å². The van der Waals surface area contributed by atoms with Crippen LogP contribution in [0, 0.1) is 0 Å². The zero-order valence-corrected chi connectivity index (χ0v) is 8.69. The van der Waals surface area contributed by atoms with Crippen LogP contribution in [0.1, 0.15) is 24.3 Å². The Balaban J connectivity index is 2.57. The lowest BCUT2D eigenvalue weighted by Gasteiger charge is -2.20. The molecule has 0 aromatic carbocycles. The Bertz CT molecular complexity index is 206. The van der Waals surface area contributed by atoms with Gasteiger partial charge in [0, 0.05) is 19.0 Å². The van der Waals surface area contributed by atoms with E-state index in [9.17, 15) is 0 Å². The highest BCUT2D eigenvalue weighted by atomic mass is 32.1. The second kappa shape index (κ2) is 4.60. The average molecular weight is 184 g/mol. The van der Waals surface area contributed by atoms with Crippen LogP contribution in [-0.2, 0) is 0 Å². The van der Waals surface area contributed by atoms with Gasteiger partial charge in [-0.25, -0.2) is 10.4 Å². The van der Waals surface area contributed by atoms with Crippen molar-refractivity contribution in [3.05, 3.63) is 22.4 Å². The van der Waals surface area contributed by atoms with E-state index >= 15 is 0 Å². The van der Waals surface area contributed by atoms with Crippen LogP contribution in [0.2, 0.25) is 0 Å². The van der Waals surface area contributed by atoms with E-state index in [-0.39, 0.29) is 0 Å². The number of hydrogen-bond donors (Lipinski definition) is 1. The van der Waals surface area contributed by atoms with Gasteiger partial charge in [0.05, 0.1) is 6.04 Å². The minimum absolute atomic E-state index is 0.472. The summed E-state index contributed by atoms with van der Waals surface area (Å²) < 4.78 is 0. The highest BCUT2D eigenvalue weighted by Crippen LogP contribution is 2.21. The third-order valence-electron chi connectivity index (χ3n) is 1.71. The van der Waals surface area contributed by atoms with Crippen LogP contribution < -0.4 is 5.43 Å². The third-order valence-corrected chi connectivity index (χ3v) is 2.69.